The SMILES string of the molecule is [N-]=[N+]=NCCc1oc2cccc(F)c2c(=O)c1-c1cccc(F)c1. The van der Waals surface area contributed by atoms with Crippen LogP contribution >= 0.6 is 0 Å². The Morgan fingerprint density at radius 2 is 1.96 bits per heavy atom. The first-order valence-corrected chi connectivity index (χ1v) is 7.13. The van der Waals surface area contributed by atoms with Gasteiger partial charge in [-0.3, -0.25) is 4.79 Å². The Balaban J connectivity index is 2.32. The molecule has 7 heteroatoms. The van der Waals surface area contributed by atoms with Gasteiger partial charge in [-0.25, -0.2) is 8.78 Å². The lowest BCUT2D eigenvalue weighted by Crippen LogP contribution is -2.11. The van der Waals surface area contributed by atoms with Gasteiger partial charge in [0.15, 0.2) is 0 Å². The summed E-state index contributed by atoms with van der Waals surface area (Å²) >= 11 is 0. The van der Waals surface area contributed by atoms with Gasteiger partial charge in [-0.05, 0) is 35.4 Å². The Kier molecular flexibility index (Phi) is 4.26. The molecule has 0 spiro atoms. The lowest BCUT2D eigenvalue weighted by Gasteiger charge is -2.10. The van der Waals surface area contributed by atoms with E-state index < -0.39 is 17.1 Å². The number of fused-ring (bicyclic) bond motifs is 1. The van der Waals surface area contributed by atoms with Crippen molar-refractivity contribution in [1.82, 2.24) is 0 Å². The van der Waals surface area contributed by atoms with E-state index >= 15 is 0 Å². The lowest BCUT2D eigenvalue weighted by molar-refractivity contribution is 0.535. The molecule has 5 nitrogen and oxygen atoms in total. The molecule has 2 aromatic carbocycles. The highest BCUT2D eigenvalue weighted by Crippen LogP contribution is 2.26. The fraction of sp³-hybridized carbons (Fsp3) is 0.118. The summed E-state index contributed by atoms with van der Waals surface area (Å²) in [6.07, 6.45) is 0.137. The van der Waals surface area contributed by atoms with Crippen molar-refractivity contribution in [3.05, 3.63) is 80.5 Å². The summed E-state index contributed by atoms with van der Waals surface area (Å²) in [7, 11) is 0. The fourth-order valence-corrected chi connectivity index (χ4v) is 2.55. The zero-order chi connectivity index (χ0) is 17.1. The van der Waals surface area contributed by atoms with Crippen LogP contribution in [0.4, 0.5) is 8.78 Å². The molecule has 0 saturated heterocycles. The minimum absolute atomic E-state index is 0.0581. The van der Waals surface area contributed by atoms with Crippen molar-refractivity contribution in [2.45, 2.75) is 6.42 Å². The third-order valence-corrected chi connectivity index (χ3v) is 3.56. The zero-order valence-corrected chi connectivity index (χ0v) is 12.4. The first-order valence-electron chi connectivity index (χ1n) is 7.13. The summed E-state index contributed by atoms with van der Waals surface area (Å²) in [5.41, 5.74) is 8.25. The zero-order valence-electron chi connectivity index (χ0n) is 12.4. The number of hydrogen-bond donors (Lipinski definition) is 0. The lowest BCUT2D eigenvalue weighted by atomic mass is 10.0. The first-order chi connectivity index (χ1) is 11.6. The van der Waals surface area contributed by atoms with Gasteiger partial charge in [-0.1, -0.05) is 23.3 Å². The van der Waals surface area contributed by atoms with Gasteiger partial charge in [0, 0.05) is 17.9 Å². The second-order valence-corrected chi connectivity index (χ2v) is 5.06. The molecular weight excluding hydrogens is 316 g/mol. The van der Waals surface area contributed by atoms with Crippen molar-refractivity contribution in [1.29, 1.82) is 0 Å². The molecule has 0 aliphatic rings. The molecule has 120 valence electrons. The maximum atomic E-state index is 14.1. The monoisotopic (exact) mass is 327 g/mol. The van der Waals surface area contributed by atoms with Gasteiger partial charge in [0.2, 0.25) is 5.43 Å². The third kappa shape index (κ3) is 2.85. The van der Waals surface area contributed by atoms with Crippen LogP contribution in [0.2, 0.25) is 0 Å². The Labute approximate surface area is 134 Å². The fourth-order valence-electron chi connectivity index (χ4n) is 2.55. The molecule has 24 heavy (non-hydrogen) atoms. The van der Waals surface area contributed by atoms with Crippen LogP contribution in [0.1, 0.15) is 5.76 Å². The predicted octanol–water partition coefficient (Wildman–Crippen LogP) is 4.59. The smallest absolute Gasteiger partial charge is 0.203 e. The molecule has 3 aromatic rings. The van der Waals surface area contributed by atoms with Gasteiger partial charge in [0.1, 0.15) is 28.4 Å². The average molecular weight is 327 g/mol. The molecule has 0 N–H and O–H groups in total. The molecule has 0 aliphatic carbocycles. The third-order valence-electron chi connectivity index (χ3n) is 3.56. The van der Waals surface area contributed by atoms with Crippen molar-refractivity contribution in [2.75, 3.05) is 6.54 Å². The Morgan fingerprint density at radius 3 is 2.71 bits per heavy atom. The van der Waals surface area contributed by atoms with Gasteiger partial charge in [-0.15, -0.1) is 0 Å². The highest BCUT2D eigenvalue weighted by Gasteiger charge is 2.18. The van der Waals surface area contributed by atoms with E-state index in [1.165, 1.54) is 30.3 Å². The predicted molar refractivity (Wildman–Crippen MR) is 85.6 cm³/mol. The first kappa shape index (κ1) is 15.7. The van der Waals surface area contributed by atoms with Gasteiger partial charge in [0.25, 0.3) is 0 Å². The van der Waals surface area contributed by atoms with Crippen molar-refractivity contribution in [3.63, 3.8) is 0 Å². The molecule has 0 fully saturated rings. The largest absolute Gasteiger partial charge is 0.460 e. The number of benzene rings is 2. The average Bonchev–Trinajstić information content (AvgIpc) is 2.55. The molecule has 0 amide bonds. The van der Waals surface area contributed by atoms with E-state index in [4.69, 9.17) is 9.95 Å². The van der Waals surface area contributed by atoms with E-state index in [1.807, 2.05) is 0 Å². The standard InChI is InChI=1S/C17H11F2N3O2/c18-11-4-1-3-10(9-11)15-14(7-8-21-22-20)24-13-6-2-5-12(19)16(13)17(15)23/h1-6,9H,7-8H2. The van der Waals surface area contributed by atoms with Crippen LogP contribution in [0.15, 0.2) is 56.8 Å². The number of nitrogens with zero attached hydrogens (tertiary/aromatic N) is 3. The van der Waals surface area contributed by atoms with Crippen LogP contribution in [-0.2, 0) is 6.42 Å². The summed E-state index contributed by atoms with van der Waals surface area (Å²) in [6.45, 7) is 0.0581. The molecule has 0 aliphatic heterocycles. The molecule has 0 bridgehead atoms. The molecule has 1 heterocycles. The highest BCUT2D eigenvalue weighted by atomic mass is 19.1. The second-order valence-electron chi connectivity index (χ2n) is 5.06. The Hall–Kier alpha value is -3.18. The summed E-state index contributed by atoms with van der Waals surface area (Å²) < 4.78 is 33.3. The van der Waals surface area contributed by atoms with Crippen molar-refractivity contribution in [3.8, 4) is 11.1 Å². The van der Waals surface area contributed by atoms with Crippen LogP contribution < -0.4 is 5.43 Å². The van der Waals surface area contributed by atoms with Crippen molar-refractivity contribution < 1.29 is 13.2 Å². The Morgan fingerprint density at radius 1 is 1.17 bits per heavy atom. The maximum Gasteiger partial charge on any atom is 0.203 e. The molecule has 0 atom stereocenters. The maximum absolute atomic E-state index is 14.1. The van der Waals surface area contributed by atoms with Gasteiger partial charge in [0.05, 0.1) is 5.56 Å². The number of halogens is 2. The van der Waals surface area contributed by atoms with Crippen molar-refractivity contribution >= 4 is 11.0 Å². The van der Waals surface area contributed by atoms with Crippen LogP contribution in [0.3, 0.4) is 0 Å². The molecule has 3 rings (SSSR count). The van der Waals surface area contributed by atoms with E-state index in [1.54, 1.807) is 6.07 Å². The molecule has 0 saturated carbocycles. The van der Waals surface area contributed by atoms with Gasteiger partial charge in [-0.2, -0.15) is 0 Å². The normalized spacial score (nSPS) is 10.6. The summed E-state index contributed by atoms with van der Waals surface area (Å²) in [5, 5.41) is 3.23. The summed E-state index contributed by atoms with van der Waals surface area (Å²) in [4.78, 5) is 15.4. The topological polar surface area (TPSA) is 79.0 Å². The van der Waals surface area contributed by atoms with E-state index in [9.17, 15) is 13.6 Å². The van der Waals surface area contributed by atoms with Gasteiger partial charge >= 0.3 is 0 Å². The molecule has 0 radical (unpaired) electrons. The van der Waals surface area contributed by atoms with Crippen LogP contribution in [0.5, 0.6) is 0 Å². The Bertz CT molecular complexity index is 1020. The van der Waals surface area contributed by atoms with Crippen molar-refractivity contribution in [2.24, 2.45) is 5.11 Å². The minimum atomic E-state index is -0.708. The minimum Gasteiger partial charge on any atom is -0.460 e. The number of rotatable bonds is 4. The summed E-state index contributed by atoms with van der Waals surface area (Å²) in [6, 6.07) is 9.48. The van der Waals surface area contributed by atoms with Crippen LogP contribution in [0.25, 0.3) is 32.5 Å². The number of hydrogen-bond acceptors (Lipinski definition) is 3. The van der Waals surface area contributed by atoms with E-state index in [0.717, 1.165) is 6.07 Å². The van der Waals surface area contributed by atoms with E-state index in [2.05, 4.69) is 10.0 Å². The molecular formula is C17H11F2N3O2. The van der Waals surface area contributed by atoms with Crippen LogP contribution in [0, 0.1) is 11.6 Å². The molecule has 1 aromatic heterocycles. The quantitative estimate of drug-likeness (QED) is 0.399. The summed E-state index contributed by atoms with van der Waals surface area (Å²) in [5.74, 6) is -1.02. The van der Waals surface area contributed by atoms with Gasteiger partial charge < -0.3 is 4.42 Å². The second kappa shape index (κ2) is 6.52. The highest BCUT2D eigenvalue weighted by molar-refractivity contribution is 5.83. The number of azide groups is 1. The molecule has 0 unspecified atom stereocenters. The van der Waals surface area contributed by atoms with E-state index in [-0.39, 0.29) is 40.8 Å². The van der Waals surface area contributed by atoms with Crippen LogP contribution in [-0.4, -0.2) is 6.54 Å². The van der Waals surface area contributed by atoms with E-state index in [0.29, 0.717) is 0 Å².